The molecule has 1 aliphatic rings. The molecule has 25 heavy (non-hydrogen) atoms. The van der Waals surface area contributed by atoms with Crippen LogP contribution in [0.5, 0.6) is 5.75 Å². The summed E-state index contributed by atoms with van der Waals surface area (Å²) >= 11 is 0. The Morgan fingerprint density at radius 1 is 1.16 bits per heavy atom. The monoisotopic (exact) mass is 347 g/mol. The molecule has 0 bridgehead atoms. The normalized spacial score (nSPS) is 15.6. The Kier molecular flexibility index (Phi) is 6.67. The molecule has 3 amide bonds. The van der Waals surface area contributed by atoms with Crippen LogP contribution in [0.4, 0.5) is 4.79 Å². The summed E-state index contributed by atoms with van der Waals surface area (Å²) in [6, 6.07) is 9.22. The van der Waals surface area contributed by atoms with E-state index in [9.17, 15) is 9.59 Å². The van der Waals surface area contributed by atoms with Gasteiger partial charge in [-0.05, 0) is 51.7 Å². The van der Waals surface area contributed by atoms with E-state index < -0.39 is 0 Å². The van der Waals surface area contributed by atoms with Crippen LogP contribution in [-0.2, 0) is 4.79 Å². The quantitative estimate of drug-likeness (QED) is 0.859. The van der Waals surface area contributed by atoms with E-state index in [0.29, 0.717) is 31.3 Å². The molecule has 1 aromatic rings. The summed E-state index contributed by atoms with van der Waals surface area (Å²) in [5.74, 6) is 1.13. The summed E-state index contributed by atoms with van der Waals surface area (Å²) < 4.78 is 5.52. The SMILES string of the molecule is CC(C)(C)NC(=O)NCC1CCN(C(=O)COc2ccccc2)CC1. The molecule has 1 saturated heterocycles. The molecule has 1 fully saturated rings. The van der Waals surface area contributed by atoms with Crippen molar-refractivity contribution < 1.29 is 14.3 Å². The number of piperidine rings is 1. The van der Waals surface area contributed by atoms with Gasteiger partial charge in [-0.2, -0.15) is 0 Å². The Bertz CT molecular complexity index is 561. The summed E-state index contributed by atoms with van der Waals surface area (Å²) in [7, 11) is 0. The summed E-state index contributed by atoms with van der Waals surface area (Å²) in [6.45, 7) is 8.00. The smallest absolute Gasteiger partial charge is 0.315 e. The Labute approximate surface area is 149 Å². The van der Waals surface area contributed by atoms with E-state index in [4.69, 9.17) is 4.74 Å². The molecule has 2 rings (SSSR count). The van der Waals surface area contributed by atoms with E-state index in [1.54, 1.807) is 0 Å². The lowest BCUT2D eigenvalue weighted by molar-refractivity contribution is -0.134. The van der Waals surface area contributed by atoms with Crippen molar-refractivity contribution in [3.63, 3.8) is 0 Å². The molecule has 0 aromatic heterocycles. The maximum absolute atomic E-state index is 12.2. The van der Waals surface area contributed by atoms with Crippen LogP contribution in [0.1, 0.15) is 33.6 Å². The maximum atomic E-state index is 12.2. The highest BCUT2D eigenvalue weighted by atomic mass is 16.5. The number of para-hydroxylation sites is 1. The molecular formula is C19H29N3O3. The van der Waals surface area contributed by atoms with Gasteiger partial charge >= 0.3 is 6.03 Å². The Hall–Kier alpha value is -2.24. The molecule has 0 spiro atoms. The van der Waals surface area contributed by atoms with Crippen molar-refractivity contribution in [3.05, 3.63) is 30.3 Å². The van der Waals surface area contributed by atoms with Gasteiger partial charge in [0.05, 0.1) is 0 Å². The van der Waals surface area contributed by atoms with Crippen molar-refractivity contribution in [1.29, 1.82) is 0 Å². The second-order valence-electron chi connectivity index (χ2n) is 7.51. The largest absolute Gasteiger partial charge is 0.484 e. The highest BCUT2D eigenvalue weighted by Gasteiger charge is 2.23. The first-order chi connectivity index (χ1) is 11.8. The fraction of sp³-hybridized carbons (Fsp3) is 0.579. The number of benzene rings is 1. The lowest BCUT2D eigenvalue weighted by atomic mass is 9.97. The van der Waals surface area contributed by atoms with Crippen LogP contribution in [0.2, 0.25) is 0 Å². The summed E-state index contributed by atoms with van der Waals surface area (Å²) in [5, 5.41) is 5.81. The van der Waals surface area contributed by atoms with Crippen molar-refractivity contribution >= 4 is 11.9 Å². The van der Waals surface area contributed by atoms with Crippen LogP contribution in [0.25, 0.3) is 0 Å². The number of hydrogen-bond acceptors (Lipinski definition) is 3. The molecule has 0 saturated carbocycles. The molecule has 0 unspecified atom stereocenters. The van der Waals surface area contributed by atoms with Crippen molar-refractivity contribution in [2.24, 2.45) is 5.92 Å². The number of urea groups is 1. The number of carbonyl (C=O) groups excluding carboxylic acids is 2. The highest BCUT2D eigenvalue weighted by molar-refractivity contribution is 5.78. The third-order valence-corrected chi connectivity index (χ3v) is 4.11. The average Bonchev–Trinajstić information content (AvgIpc) is 2.58. The predicted molar refractivity (Wildman–Crippen MR) is 97.5 cm³/mol. The second kappa shape index (κ2) is 8.74. The predicted octanol–water partition coefficient (Wildman–Crippen LogP) is 2.40. The van der Waals surface area contributed by atoms with Gasteiger partial charge in [-0.3, -0.25) is 4.79 Å². The van der Waals surface area contributed by atoms with E-state index in [-0.39, 0.29) is 24.1 Å². The number of ether oxygens (including phenoxy) is 1. The van der Waals surface area contributed by atoms with Gasteiger partial charge in [0.1, 0.15) is 5.75 Å². The minimum absolute atomic E-state index is 0.0146. The molecule has 1 aromatic carbocycles. The van der Waals surface area contributed by atoms with Crippen molar-refractivity contribution in [2.45, 2.75) is 39.2 Å². The lowest BCUT2D eigenvalue weighted by Crippen LogP contribution is -2.48. The Balaban J connectivity index is 1.65. The zero-order valence-corrected chi connectivity index (χ0v) is 15.4. The summed E-state index contributed by atoms with van der Waals surface area (Å²) in [6.07, 6.45) is 1.79. The third kappa shape index (κ3) is 7.03. The van der Waals surface area contributed by atoms with E-state index in [1.165, 1.54) is 0 Å². The van der Waals surface area contributed by atoms with E-state index >= 15 is 0 Å². The van der Waals surface area contributed by atoms with Crippen LogP contribution in [0, 0.1) is 5.92 Å². The van der Waals surface area contributed by atoms with Gasteiger partial charge in [0.2, 0.25) is 0 Å². The molecule has 2 N–H and O–H groups in total. The number of hydrogen-bond donors (Lipinski definition) is 2. The van der Waals surface area contributed by atoms with Gasteiger partial charge in [0, 0.05) is 25.2 Å². The van der Waals surface area contributed by atoms with Gasteiger partial charge in [-0.25, -0.2) is 4.79 Å². The fourth-order valence-corrected chi connectivity index (χ4v) is 2.76. The molecular weight excluding hydrogens is 318 g/mol. The van der Waals surface area contributed by atoms with Gasteiger partial charge in [0.25, 0.3) is 5.91 Å². The molecule has 1 aliphatic heterocycles. The second-order valence-corrected chi connectivity index (χ2v) is 7.51. The van der Waals surface area contributed by atoms with Crippen LogP contribution in [0.15, 0.2) is 30.3 Å². The van der Waals surface area contributed by atoms with Gasteiger partial charge in [0.15, 0.2) is 6.61 Å². The number of carbonyl (C=O) groups is 2. The molecule has 0 radical (unpaired) electrons. The zero-order valence-electron chi connectivity index (χ0n) is 15.4. The van der Waals surface area contributed by atoms with Crippen molar-refractivity contribution in [2.75, 3.05) is 26.2 Å². The molecule has 1 heterocycles. The molecule has 6 heteroatoms. The number of likely N-dealkylation sites (tertiary alicyclic amines) is 1. The van der Waals surface area contributed by atoms with E-state index in [0.717, 1.165) is 12.8 Å². The first-order valence-electron chi connectivity index (χ1n) is 8.85. The standard InChI is InChI=1S/C19H29N3O3/c1-19(2,3)21-18(24)20-13-15-9-11-22(12-10-15)17(23)14-25-16-7-5-4-6-8-16/h4-8,15H,9-14H2,1-3H3,(H2,20,21,24). The molecule has 138 valence electrons. The third-order valence-electron chi connectivity index (χ3n) is 4.11. The van der Waals surface area contributed by atoms with Crippen LogP contribution < -0.4 is 15.4 Å². The zero-order chi connectivity index (χ0) is 18.3. The lowest BCUT2D eigenvalue weighted by Gasteiger charge is -2.32. The number of nitrogens with one attached hydrogen (secondary N) is 2. The number of amides is 3. The Morgan fingerprint density at radius 2 is 1.80 bits per heavy atom. The van der Waals surface area contributed by atoms with Crippen molar-refractivity contribution in [3.8, 4) is 5.75 Å². The maximum Gasteiger partial charge on any atom is 0.315 e. The first kappa shape index (κ1) is 19.1. The van der Waals surface area contributed by atoms with Gasteiger partial charge < -0.3 is 20.3 Å². The summed E-state index contributed by atoms with van der Waals surface area (Å²) in [4.78, 5) is 25.9. The molecule has 0 aliphatic carbocycles. The van der Waals surface area contributed by atoms with Crippen LogP contribution in [-0.4, -0.2) is 48.6 Å². The average molecular weight is 347 g/mol. The van der Waals surface area contributed by atoms with Crippen LogP contribution in [0.3, 0.4) is 0 Å². The minimum atomic E-state index is -0.237. The van der Waals surface area contributed by atoms with E-state index in [2.05, 4.69) is 10.6 Å². The van der Waals surface area contributed by atoms with E-state index in [1.807, 2.05) is 56.0 Å². The number of rotatable bonds is 5. The minimum Gasteiger partial charge on any atom is -0.484 e. The van der Waals surface area contributed by atoms with Gasteiger partial charge in [-0.15, -0.1) is 0 Å². The first-order valence-corrected chi connectivity index (χ1v) is 8.85. The topological polar surface area (TPSA) is 70.7 Å². The molecule has 6 nitrogen and oxygen atoms in total. The van der Waals surface area contributed by atoms with Crippen molar-refractivity contribution in [1.82, 2.24) is 15.5 Å². The van der Waals surface area contributed by atoms with Crippen LogP contribution >= 0.6 is 0 Å². The van der Waals surface area contributed by atoms with Gasteiger partial charge in [-0.1, -0.05) is 18.2 Å². The fourth-order valence-electron chi connectivity index (χ4n) is 2.76. The summed E-state index contributed by atoms with van der Waals surface area (Å²) in [5.41, 5.74) is -0.237. The molecule has 0 atom stereocenters. The highest BCUT2D eigenvalue weighted by Crippen LogP contribution is 2.17. The number of nitrogens with zero attached hydrogens (tertiary/aromatic N) is 1. The Morgan fingerprint density at radius 3 is 2.40 bits per heavy atom.